The van der Waals surface area contributed by atoms with Crippen LogP contribution in [0.25, 0.3) is 0 Å². The van der Waals surface area contributed by atoms with E-state index in [1.54, 1.807) is 0 Å². The number of aliphatic hydroxyl groups is 1. The lowest BCUT2D eigenvalue weighted by atomic mass is 9.92. The maximum Gasteiger partial charge on any atom is 0.239 e. The van der Waals surface area contributed by atoms with Crippen LogP contribution in [0.1, 0.15) is 34.1 Å². The van der Waals surface area contributed by atoms with E-state index < -0.39 is 0 Å². The van der Waals surface area contributed by atoms with Gasteiger partial charge >= 0.3 is 0 Å². The van der Waals surface area contributed by atoms with Crippen molar-refractivity contribution >= 4 is 5.91 Å². The zero-order valence-corrected chi connectivity index (χ0v) is 11.7. The third-order valence-electron chi connectivity index (χ3n) is 3.40. The third kappa shape index (κ3) is 3.42. The molecule has 0 aromatic carbocycles. The number of hydrogen-bond donors (Lipinski definition) is 1. The zero-order valence-electron chi connectivity index (χ0n) is 11.7. The van der Waals surface area contributed by atoms with Crippen LogP contribution >= 0.6 is 0 Å². The summed E-state index contributed by atoms with van der Waals surface area (Å²) in [6, 6.07) is 0.146. The number of nitrogens with zero attached hydrogens (tertiary/aromatic N) is 2. The first-order valence-corrected chi connectivity index (χ1v) is 6.40. The van der Waals surface area contributed by atoms with Gasteiger partial charge in [0.25, 0.3) is 0 Å². The minimum atomic E-state index is -0.174. The quantitative estimate of drug-likeness (QED) is 0.801. The first kappa shape index (κ1) is 14.5. The predicted octanol–water partition coefficient (Wildman–Crippen LogP) is 0.946. The molecule has 0 saturated carbocycles. The summed E-state index contributed by atoms with van der Waals surface area (Å²) in [5.41, 5.74) is 0.0961. The molecule has 1 atom stereocenters. The highest BCUT2D eigenvalue weighted by atomic mass is 16.3. The summed E-state index contributed by atoms with van der Waals surface area (Å²) in [5, 5.41) is 9.15. The highest BCUT2D eigenvalue weighted by molar-refractivity contribution is 5.82. The molecule has 17 heavy (non-hydrogen) atoms. The van der Waals surface area contributed by atoms with Crippen LogP contribution in [0.4, 0.5) is 0 Å². The molecule has 0 bridgehead atoms. The first-order valence-electron chi connectivity index (χ1n) is 6.40. The van der Waals surface area contributed by atoms with Gasteiger partial charge in [0.05, 0.1) is 6.04 Å². The van der Waals surface area contributed by atoms with E-state index in [4.69, 9.17) is 5.11 Å². The molecule has 1 fully saturated rings. The van der Waals surface area contributed by atoms with Crippen LogP contribution in [-0.2, 0) is 4.79 Å². The molecule has 0 aliphatic carbocycles. The summed E-state index contributed by atoms with van der Waals surface area (Å²) in [6.07, 6.45) is 0.525. The number of hydrogen-bond acceptors (Lipinski definition) is 3. The van der Waals surface area contributed by atoms with Crippen molar-refractivity contribution in [2.75, 3.05) is 26.7 Å². The van der Waals surface area contributed by atoms with Gasteiger partial charge in [0.15, 0.2) is 0 Å². The van der Waals surface area contributed by atoms with Gasteiger partial charge in [-0.2, -0.15) is 0 Å². The van der Waals surface area contributed by atoms with E-state index in [1.807, 2.05) is 11.9 Å². The van der Waals surface area contributed by atoms with Crippen LogP contribution in [0.2, 0.25) is 0 Å². The molecule has 0 spiro atoms. The van der Waals surface area contributed by atoms with Gasteiger partial charge in [-0.1, -0.05) is 13.8 Å². The molecule has 1 aliphatic heterocycles. The Bertz CT molecular complexity index is 277. The molecule has 4 nitrogen and oxygen atoms in total. The van der Waals surface area contributed by atoms with Crippen LogP contribution in [-0.4, -0.2) is 59.6 Å². The first-order chi connectivity index (χ1) is 7.78. The number of rotatable bonds is 3. The molecule has 1 amide bonds. The molecule has 1 aliphatic rings. The second-order valence-electron chi connectivity index (χ2n) is 6.15. The normalized spacial score (nSPS) is 26.4. The molecule has 0 aromatic heterocycles. The molecule has 100 valence electrons. The standard InChI is InChI=1S/C13H26N2O2/c1-10(2)15-9-13(3,4)8-14(5)12(17)11(15)6-7-16/h10-11,16H,6-9H2,1-5H3. The molecular formula is C13H26N2O2. The van der Waals surface area contributed by atoms with Crippen LogP contribution in [0, 0.1) is 5.41 Å². The van der Waals surface area contributed by atoms with Crippen molar-refractivity contribution in [3.05, 3.63) is 0 Å². The van der Waals surface area contributed by atoms with E-state index in [0.29, 0.717) is 12.5 Å². The Labute approximate surface area is 105 Å². The zero-order chi connectivity index (χ0) is 13.2. The predicted molar refractivity (Wildman–Crippen MR) is 68.8 cm³/mol. The van der Waals surface area contributed by atoms with Crippen LogP contribution < -0.4 is 0 Å². The monoisotopic (exact) mass is 242 g/mol. The van der Waals surface area contributed by atoms with Crippen LogP contribution in [0.15, 0.2) is 0 Å². The Morgan fingerprint density at radius 2 is 2.00 bits per heavy atom. The summed E-state index contributed by atoms with van der Waals surface area (Å²) in [7, 11) is 1.86. The number of likely N-dealkylation sites (N-methyl/N-ethyl adjacent to an activating group) is 1. The molecule has 1 N–H and O–H groups in total. The number of carbonyl (C=O) groups excluding carboxylic acids is 1. The highest BCUT2D eigenvalue weighted by Crippen LogP contribution is 2.27. The SMILES string of the molecule is CC(C)N1CC(C)(C)CN(C)C(=O)C1CCO. The molecule has 0 radical (unpaired) electrons. The van der Waals surface area contributed by atoms with Gasteiger partial charge in [0.2, 0.25) is 5.91 Å². The van der Waals surface area contributed by atoms with E-state index in [9.17, 15) is 4.79 Å². The van der Waals surface area contributed by atoms with Crippen molar-refractivity contribution in [1.82, 2.24) is 9.80 Å². The minimum absolute atomic E-state index is 0.0634. The fourth-order valence-corrected chi connectivity index (χ4v) is 2.72. The molecule has 1 rings (SSSR count). The largest absolute Gasteiger partial charge is 0.396 e. The molecule has 1 unspecified atom stereocenters. The fraction of sp³-hybridized carbons (Fsp3) is 0.923. The Hall–Kier alpha value is -0.610. The van der Waals surface area contributed by atoms with E-state index >= 15 is 0 Å². The topological polar surface area (TPSA) is 43.8 Å². The van der Waals surface area contributed by atoms with E-state index in [2.05, 4.69) is 32.6 Å². The lowest BCUT2D eigenvalue weighted by Gasteiger charge is -2.35. The van der Waals surface area contributed by atoms with Gasteiger partial charge in [-0.05, 0) is 25.7 Å². The average molecular weight is 242 g/mol. The molecule has 0 aromatic rings. The maximum absolute atomic E-state index is 12.3. The van der Waals surface area contributed by atoms with Crippen molar-refractivity contribution in [2.45, 2.75) is 46.2 Å². The Morgan fingerprint density at radius 3 is 2.47 bits per heavy atom. The van der Waals surface area contributed by atoms with Gasteiger partial charge in [-0.3, -0.25) is 9.69 Å². The van der Waals surface area contributed by atoms with Crippen molar-refractivity contribution in [3.8, 4) is 0 Å². The van der Waals surface area contributed by atoms with Gasteiger partial charge in [-0.15, -0.1) is 0 Å². The van der Waals surface area contributed by atoms with E-state index in [0.717, 1.165) is 13.1 Å². The third-order valence-corrected chi connectivity index (χ3v) is 3.40. The summed E-state index contributed by atoms with van der Waals surface area (Å²) in [4.78, 5) is 16.3. The second kappa shape index (κ2) is 5.36. The van der Waals surface area contributed by atoms with Gasteiger partial charge < -0.3 is 10.0 Å². The van der Waals surface area contributed by atoms with E-state index in [1.165, 1.54) is 0 Å². The van der Waals surface area contributed by atoms with Crippen molar-refractivity contribution in [2.24, 2.45) is 5.41 Å². The fourth-order valence-electron chi connectivity index (χ4n) is 2.72. The second-order valence-corrected chi connectivity index (χ2v) is 6.15. The van der Waals surface area contributed by atoms with Crippen molar-refractivity contribution < 1.29 is 9.90 Å². The Kier molecular flexibility index (Phi) is 4.55. The van der Waals surface area contributed by atoms with E-state index in [-0.39, 0.29) is 24.0 Å². The lowest BCUT2D eigenvalue weighted by Crippen LogP contribution is -2.48. The van der Waals surface area contributed by atoms with Crippen molar-refractivity contribution in [3.63, 3.8) is 0 Å². The Balaban J connectivity index is 3.00. The number of carbonyl (C=O) groups is 1. The molecule has 1 heterocycles. The molecule has 4 heteroatoms. The smallest absolute Gasteiger partial charge is 0.239 e. The summed E-state index contributed by atoms with van der Waals surface area (Å²) in [6.45, 7) is 10.3. The van der Waals surface area contributed by atoms with Crippen LogP contribution in [0.5, 0.6) is 0 Å². The molecular weight excluding hydrogens is 216 g/mol. The van der Waals surface area contributed by atoms with Crippen molar-refractivity contribution in [1.29, 1.82) is 0 Å². The number of amides is 1. The summed E-state index contributed by atoms with van der Waals surface area (Å²) in [5.74, 6) is 0.137. The highest BCUT2D eigenvalue weighted by Gasteiger charge is 2.38. The average Bonchev–Trinajstić information content (AvgIpc) is 2.28. The van der Waals surface area contributed by atoms with Crippen LogP contribution in [0.3, 0.4) is 0 Å². The van der Waals surface area contributed by atoms with Gasteiger partial charge in [0.1, 0.15) is 0 Å². The summed E-state index contributed by atoms with van der Waals surface area (Å²) >= 11 is 0. The Morgan fingerprint density at radius 1 is 1.41 bits per heavy atom. The minimum Gasteiger partial charge on any atom is -0.396 e. The number of aliphatic hydroxyl groups excluding tert-OH is 1. The maximum atomic E-state index is 12.3. The lowest BCUT2D eigenvalue weighted by molar-refractivity contribution is -0.135. The molecule has 1 saturated heterocycles. The van der Waals surface area contributed by atoms with Gasteiger partial charge in [0, 0.05) is 32.8 Å². The van der Waals surface area contributed by atoms with Gasteiger partial charge in [-0.25, -0.2) is 0 Å². The summed E-state index contributed by atoms with van der Waals surface area (Å²) < 4.78 is 0.